The number of aliphatic hydroxyl groups excluding tert-OH is 1. The predicted octanol–water partition coefficient (Wildman–Crippen LogP) is 1.12. The highest BCUT2D eigenvalue weighted by Crippen LogP contribution is 2.22. The molecule has 1 aliphatic rings. The molecule has 1 fully saturated rings. The molecule has 1 atom stereocenters. The van der Waals surface area contributed by atoms with Gasteiger partial charge in [-0.3, -0.25) is 4.79 Å². The zero-order valence-corrected chi connectivity index (χ0v) is 12.7. The average Bonchev–Trinajstić information content (AvgIpc) is 2.53. The van der Waals surface area contributed by atoms with Crippen LogP contribution in [0.3, 0.4) is 0 Å². The summed E-state index contributed by atoms with van der Waals surface area (Å²) in [6.45, 7) is 3.79. The van der Waals surface area contributed by atoms with E-state index in [1.165, 1.54) is 0 Å². The molecular weight excluding hydrogens is 268 g/mol. The maximum atomic E-state index is 12.4. The summed E-state index contributed by atoms with van der Waals surface area (Å²) in [6.07, 6.45) is 0.909. The third-order valence-corrected chi connectivity index (χ3v) is 4.13. The second-order valence-electron chi connectivity index (χ2n) is 5.55. The summed E-state index contributed by atoms with van der Waals surface area (Å²) in [6, 6.07) is 7.60. The molecule has 116 valence electrons. The molecule has 1 saturated heterocycles. The van der Waals surface area contributed by atoms with Crippen molar-refractivity contribution in [2.45, 2.75) is 38.0 Å². The fourth-order valence-corrected chi connectivity index (χ4v) is 2.61. The Labute approximate surface area is 125 Å². The van der Waals surface area contributed by atoms with Crippen LogP contribution in [0, 0.1) is 0 Å². The Bertz CT molecular complexity index is 465. The molecule has 5 nitrogen and oxygen atoms in total. The van der Waals surface area contributed by atoms with Gasteiger partial charge in [-0.25, -0.2) is 0 Å². The number of piperidine rings is 1. The minimum absolute atomic E-state index is 0.0499. The number of methoxy groups -OCH3 is 1. The van der Waals surface area contributed by atoms with Crippen molar-refractivity contribution in [2.75, 3.05) is 20.2 Å². The molecule has 1 unspecified atom stereocenters. The van der Waals surface area contributed by atoms with E-state index in [2.05, 4.69) is 10.6 Å². The largest absolute Gasteiger partial charge is 0.389 e. The van der Waals surface area contributed by atoms with Crippen molar-refractivity contribution in [1.29, 1.82) is 0 Å². The SMILES string of the molecule is COC1(C(=O)NCc2ccc(C(C)O)cc2)CCNCC1. The Kier molecular flexibility index (Phi) is 5.33. The lowest BCUT2D eigenvalue weighted by Gasteiger charge is -2.34. The van der Waals surface area contributed by atoms with Crippen LogP contribution in [-0.2, 0) is 16.1 Å². The van der Waals surface area contributed by atoms with E-state index >= 15 is 0 Å². The van der Waals surface area contributed by atoms with Crippen molar-refractivity contribution in [3.8, 4) is 0 Å². The van der Waals surface area contributed by atoms with Crippen molar-refractivity contribution in [1.82, 2.24) is 10.6 Å². The molecule has 0 spiro atoms. The summed E-state index contributed by atoms with van der Waals surface area (Å²) in [5.41, 5.74) is 1.18. The van der Waals surface area contributed by atoms with Crippen LogP contribution in [0.25, 0.3) is 0 Å². The predicted molar refractivity (Wildman–Crippen MR) is 80.8 cm³/mol. The molecule has 3 N–H and O–H groups in total. The number of carbonyl (C=O) groups excluding carboxylic acids is 1. The number of hydrogen-bond acceptors (Lipinski definition) is 4. The van der Waals surface area contributed by atoms with E-state index < -0.39 is 11.7 Å². The zero-order chi connectivity index (χ0) is 15.3. The molecule has 0 saturated carbocycles. The zero-order valence-electron chi connectivity index (χ0n) is 12.7. The first-order chi connectivity index (χ1) is 10.1. The van der Waals surface area contributed by atoms with Gasteiger partial charge in [0.15, 0.2) is 0 Å². The fourth-order valence-electron chi connectivity index (χ4n) is 2.61. The van der Waals surface area contributed by atoms with E-state index in [9.17, 15) is 9.90 Å². The van der Waals surface area contributed by atoms with Gasteiger partial charge in [-0.1, -0.05) is 24.3 Å². The number of carbonyl (C=O) groups is 1. The van der Waals surface area contributed by atoms with Gasteiger partial charge in [0.2, 0.25) is 0 Å². The molecule has 1 aromatic rings. The van der Waals surface area contributed by atoms with Gasteiger partial charge in [0.1, 0.15) is 5.60 Å². The summed E-state index contributed by atoms with van der Waals surface area (Å²) in [4.78, 5) is 12.4. The van der Waals surface area contributed by atoms with Gasteiger partial charge in [-0.05, 0) is 44.0 Å². The highest BCUT2D eigenvalue weighted by molar-refractivity contribution is 5.85. The molecule has 1 aliphatic heterocycles. The minimum Gasteiger partial charge on any atom is -0.389 e. The molecule has 1 aromatic carbocycles. The van der Waals surface area contributed by atoms with Crippen LogP contribution in [0.5, 0.6) is 0 Å². The van der Waals surface area contributed by atoms with Crippen molar-refractivity contribution < 1.29 is 14.6 Å². The third kappa shape index (κ3) is 3.81. The van der Waals surface area contributed by atoms with Gasteiger partial charge in [0.05, 0.1) is 6.10 Å². The monoisotopic (exact) mass is 292 g/mol. The number of nitrogens with one attached hydrogen (secondary N) is 2. The van der Waals surface area contributed by atoms with Crippen molar-refractivity contribution in [3.63, 3.8) is 0 Å². The van der Waals surface area contributed by atoms with Gasteiger partial charge in [0.25, 0.3) is 5.91 Å². The lowest BCUT2D eigenvalue weighted by Crippen LogP contribution is -2.53. The lowest BCUT2D eigenvalue weighted by atomic mass is 9.91. The normalized spacial score (nSPS) is 19.0. The summed E-state index contributed by atoms with van der Waals surface area (Å²) < 4.78 is 5.49. The van der Waals surface area contributed by atoms with E-state index in [0.29, 0.717) is 19.4 Å². The number of amides is 1. The summed E-state index contributed by atoms with van der Waals surface area (Å²) in [7, 11) is 1.60. The van der Waals surface area contributed by atoms with Crippen LogP contribution >= 0.6 is 0 Å². The molecule has 1 amide bonds. The Balaban J connectivity index is 1.93. The first kappa shape index (κ1) is 15.9. The highest BCUT2D eigenvalue weighted by Gasteiger charge is 2.39. The molecule has 0 aromatic heterocycles. The summed E-state index contributed by atoms with van der Waals surface area (Å²) in [5.74, 6) is -0.0499. The van der Waals surface area contributed by atoms with E-state index in [1.807, 2.05) is 24.3 Å². The van der Waals surface area contributed by atoms with Crippen LogP contribution in [0.2, 0.25) is 0 Å². The van der Waals surface area contributed by atoms with E-state index in [4.69, 9.17) is 4.74 Å². The van der Waals surface area contributed by atoms with Crippen LogP contribution in [-0.4, -0.2) is 36.8 Å². The van der Waals surface area contributed by atoms with Gasteiger partial charge in [0, 0.05) is 13.7 Å². The summed E-state index contributed by atoms with van der Waals surface area (Å²) in [5, 5.41) is 15.7. The third-order valence-electron chi connectivity index (χ3n) is 4.13. The minimum atomic E-state index is -0.704. The van der Waals surface area contributed by atoms with Gasteiger partial charge >= 0.3 is 0 Å². The Morgan fingerprint density at radius 3 is 2.52 bits per heavy atom. The number of hydrogen-bond donors (Lipinski definition) is 3. The molecule has 2 rings (SSSR count). The maximum Gasteiger partial charge on any atom is 0.252 e. The Morgan fingerprint density at radius 1 is 1.38 bits per heavy atom. The second-order valence-corrected chi connectivity index (χ2v) is 5.55. The summed E-state index contributed by atoms with van der Waals surface area (Å²) >= 11 is 0. The van der Waals surface area contributed by atoms with Crippen LogP contribution in [0.1, 0.15) is 37.0 Å². The second kappa shape index (κ2) is 7.02. The lowest BCUT2D eigenvalue weighted by molar-refractivity contribution is -0.146. The van der Waals surface area contributed by atoms with Crippen molar-refractivity contribution >= 4 is 5.91 Å². The fraction of sp³-hybridized carbons (Fsp3) is 0.562. The quantitative estimate of drug-likeness (QED) is 0.761. The number of rotatable bonds is 5. The van der Waals surface area contributed by atoms with Crippen LogP contribution in [0.15, 0.2) is 24.3 Å². The van der Waals surface area contributed by atoms with Gasteiger partial charge < -0.3 is 20.5 Å². The van der Waals surface area contributed by atoms with Crippen molar-refractivity contribution in [3.05, 3.63) is 35.4 Å². The first-order valence-corrected chi connectivity index (χ1v) is 7.38. The molecule has 0 radical (unpaired) electrons. The number of aliphatic hydroxyl groups is 1. The molecular formula is C16H24N2O3. The first-order valence-electron chi connectivity index (χ1n) is 7.38. The van der Waals surface area contributed by atoms with E-state index in [-0.39, 0.29) is 5.91 Å². The van der Waals surface area contributed by atoms with Crippen LogP contribution < -0.4 is 10.6 Å². The van der Waals surface area contributed by atoms with E-state index in [1.54, 1.807) is 14.0 Å². The van der Waals surface area contributed by atoms with E-state index in [0.717, 1.165) is 24.2 Å². The Hall–Kier alpha value is -1.43. The maximum absolute atomic E-state index is 12.4. The van der Waals surface area contributed by atoms with Crippen molar-refractivity contribution in [2.24, 2.45) is 0 Å². The standard InChI is InChI=1S/C16H24N2O3/c1-12(19)14-5-3-13(4-6-14)11-18-15(20)16(21-2)7-9-17-10-8-16/h3-6,12,17,19H,7-11H2,1-2H3,(H,18,20). The average molecular weight is 292 g/mol. The number of benzene rings is 1. The molecule has 21 heavy (non-hydrogen) atoms. The molecule has 1 heterocycles. The topological polar surface area (TPSA) is 70.6 Å². The molecule has 5 heteroatoms. The molecule has 0 bridgehead atoms. The van der Waals surface area contributed by atoms with Crippen LogP contribution in [0.4, 0.5) is 0 Å². The van der Waals surface area contributed by atoms with Gasteiger partial charge in [-0.15, -0.1) is 0 Å². The smallest absolute Gasteiger partial charge is 0.252 e. The highest BCUT2D eigenvalue weighted by atomic mass is 16.5. The Morgan fingerprint density at radius 2 is 2.00 bits per heavy atom. The molecule has 0 aliphatic carbocycles. The van der Waals surface area contributed by atoms with Gasteiger partial charge in [-0.2, -0.15) is 0 Å². The number of ether oxygens (including phenoxy) is 1.